The van der Waals surface area contributed by atoms with Crippen LogP contribution in [-0.4, -0.2) is 12.5 Å². The van der Waals surface area contributed by atoms with Crippen LogP contribution in [-0.2, 0) is 11.3 Å². The van der Waals surface area contributed by atoms with Gasteiger partial charge in [0.1, 0.15) is 0 Å². The first kappa shape index (κ1) is 13.3. The number of nitrogens with one attached hydrogen (secondary N) is 1. The fourth-order valence-corrected chi connectivity index (χ4v) is 1.44. The molecule has 1 aromatic carbocycles. The molecule has 16 heavy (non-hydrogen) atoms. The van der Waals surface area contributed by atoms with Crippen LogP contribution in [0.2, 0.25) is 10.0 Å². The molecule has 1 aromatic rings. The van der Waals surface area contributed by atoms with Crippen LogP contribution in [0.3, 0.4) is 0 Å². The van der Waals surface area contributed by atoms with Gasteiger partial charge >= 0.3 is 0 Å². The summed E-state index contributed by atoms with van der Waals surface area (Å²) < 4.78 is 0. The fourth-order valence-electron chi connectivity index (χ4n) is 1.12. The molecule has 5 heteroatoms. The fraction of sp³-hybridized carbons (Fsp3) is 0.364. The predicted molar refractivity (Wildman–Crippen MR) is 66.5 cm³/mol. The quantitative estimate of drug-likeness (QED) is 0.873. The highest BCUT2D eigenvalue weighted by molar-refractivity contribution is 6.42. The second kappa shape index (κ2) is 6.09. The Morgan fingerprint density at radius 3 is 2.69 bits per heavy atom. The lowest BCUT2D eigenvalue weighted by Gasteiger charge is -2.10. The van der Waals surface area contributed by atoms with Gasteiger partial charge in [-0.05, 0) is 17.7 Å². The van der Waals surface area contributed by atoms with Crippen molar-refractivity contribution in [3.05, 3.63) is 33.8 Å². The van der Waals surface area contributed by atoms with Crippen LogP contribution in [0, 0.1) is 5.92 Å². The molecule has 1 amide bonds. The Balaban J connectivity index is 2.55. The van der Waals surface area contributed by atoms with Gasteiger partial charge in [-0.1, -0.05) is 36.2 Å². The molecule has 0 saturated heterocycles. The zero-order valence-corrected chi connectivity index (χ0v) is 10.5. The first-order valence-electron chi connectivity index (χ1n) is 4.96. The van der Waals surface area contributed by atoms with Crippen molar-refractivity contribution in [2.24, 2.45) is 11.7 Å². The van der Waals surface area contributed by atoms with Crippen molar-refractivity contribution in [2.75, 3.05) is 6.54 Å². The average Bonchev–Trinajstić information content (AvgIpc) is 2.29. The van der Waals surface area contributed by atoms with Crippen molar-refractivity contribution >= 4 is 29.1 Å². The molecule has 1 unspecified atom stereocenters. The van der Waals surface area contributed by atoms with Crippen LogP contribution < -0.4 is 11.1 Å². The molecule has 0 bridgehead atoms. The van der Waals surface area contributed by atoms with Crippen LogP contribution in [0.5, 0.6) is 0 Å². The van der Waals surface area contributed by atoms with Gasteiger partial charge in [-0.25, -0.2) is 0 Å². The maximum atomic E-state index is 11.4. The molecule has 0 spiro atoms. The van der Waals surface area contributed by atoms with Gasteiger partial charge in [-0.2, -0.15) is 0 Å². The largest absolute Gasteiger partial charge is 0.352 e. The maximum absolute atomic E-state index is 11.4. The van der Waals surface area contributed by atoms with Gasteiger partial charge in [0.25, 0.3) is 0 Å². The molecular formula is C11H14Cl2N2O. The molecule has 0 heterocycles. The number of benzene rings is 1. The molecule has 88 valence electrons. The number of rotatable bonds is 4. The number of carbonyl (C=O) groups is 1. The van der Waals surface area contributed by atoms with Crippen molar-refractivity contribution in [1.29, 1.82) is 0 Å². The summed E-state index contributed by atoms with van der Waals surface area (Å²) in [5.41, 5.74) is 6.30. The molecule has 0 fully saturated rings. The number of halogens is 2. The summed E-state index contributed by atoms with van der Waals surface area (Å²) in [5.74, 6) is -0.239. The number of amides is 1. The minimum Gasteiger partial charge on any atom is -0.352 e. The molecule has 1 atom stereocenters. The third kappa shape index (κ3) is 3.67. The van der Waals surface area contributed by atoms with Gasteiger partial charge in [0.2, 0.25) is 5.91 Å². The summed E-state index contributed by atoms with van der Waals surface area (Å²) in [7, 11) is 0. The van der Waals surface area contributed by atoms with E-state index >= 15 is 0 Å². The summed E-state index contributed by atoms with van der Waals surface area (Å²) in [6.45, 7) is 2.55. The highest BCUT2D eigenvalue weighted by Gasteiger charge is 2.10. The molecule has 0 saturated carbocycles. The normalized spacial score (nSPS) is 12.2. The number of nitrogens with two attached hydrogens (primary N) is 1. The number of hydrogen-bond acceptors (Lipinski definition) is 2. The smallest absolute Gasteiger partial charge is 0.224 e. The van der Waals surface area contributed by atoms with E-state index in [0.29, 0.717) is 23.1 Å². The average molecular weight is 261 g/mol. The van der Waals surface area contributed by atoms with E-state index in [1.54, 1.807) is 19.1 Å². The van der Waals surface area contributed by atoms with E-state index in [4.69, 9.17) is 28.9 Å². The zero-order chi connectivity index (χ0) is 12.1. The first-order chi connectivity index (χ1) is 7.54. The Kier molecular flexibility index (Phi) is 5.06. The van der Waals surface area contributed by atoms with Crippen LogP contribution in [0.25, 0.3) is 0 Å². The molecule has 0 aliphatic carbocycles. The molecule has 3 N–H and O–H groups in total. The summed E-state index contributed by atoms with van der Waals surface area (Å²) in [5, 5.41) is 3.77. The number of carbonyl (C=O) groups excluding carboxylic acids is 1. The highest BCUT2D eigenvalue weighted by Crippen LogP contribution is 2.22. The lowest BCUT2D eigenvalue weighted by Crippen LogP contribution is -2.32. The van der Waals surface area contributed by atoms with Gasteiger partial charge in [0.15, 0.2) is 0 Å². The van der Waals surface area contributed by atoms with Crippen molar-refractivity contribution < 1.29 is 4.79 Å². The minimum absolute atomic E-state index is 0.0615. The zero-order valence-electron chi connectivity index (χ0n) is 8.97. The molecule has 0 radical (unpaired) electrons. The summed E-state index contributed by atoms with van der Waals surface area (Å²) >= 11 is 11.6. The molecular weight excluding hydrogens is 247 g/mol. The van der Waals surface area contributed by atoms with Gasteiger partial charge in [0.05, 0.1) is 10.0 Å². The van der Waals surface area contributed by atoms with E-state index < -0.39 is 0 Å². The van der Waals surface area contributed by atoms with Gasteiger partial charge in [-0.15, -0.1) is 0 Å². The SMILES string of the molecule is CC(CN)C(=O)NCc1ccc(Cl)c(Cl)c1. The van der Waals surface area contributed by atoms with E-state index in [1.807, 2.05) is 6.07 Å². The van der Waals surface area contributed by atoms with Gasteiger partial charge in [-0.3, -0.25) is 4.79 Å². The van der Waals surface area contributed by atoms with Gasteiger partial charge in [0, 0.05) is 19.0 Å². The summed E-state index contributed by atoms with van der Waals surface area (Å²) in [6.07, 6.45) is 0. The predicted octanol–water partition coefficient (Wildman–Crippen LogP) is 2.20. The molecule has 3 nitrogen and oxygen atoms in total. The molecule has 0 aromatic heterocycles. The van der Waals surface area contributed by atoms with Crippen molar-refractivity contribution in [2.45, 2.75) is 13.5 Å². The summed E-state index contributed by atoms with van der Waals surface area (Å²) in [6, 6.07) is 5.26. The van der Waals surface area contributed by atoms with Crippen molar-refractivity contribution in [1.82, 2.24) is 5.32 Å². The van der Waals surface area contributed by atoms with E-state index in [-0.39, 0.29) is 11.8 Å². The van der Waals surface area contributed by atoms with Gasteiger partial charge < -0.3 is 11.1 Å². The Bertz CT molecular complexity index is 382. The Morgan fingerprint density at radius 1 is 1.44 bits per heavy atom. The van der Waals surface area contributed by atoms with Crippen LogP contribution in [0.1, 0.15) is 12.5 Å². The van der Waals surface area contributed by atoms with Crippen LogP contribution >= 0.6 is 23.2 Å². The Morgan fingerprint density at radius 2 is 2.12 bits per heavy atom. The Labute approximate surface area is 105 Å². The highest BCUT2D eigenvalue weighted by atomic mass is 35.5. The van der Waals surface area contributed by atoms with E-state index in [2.05, 4.69) is 5.32 Å². The monoisotopic (exact) mass is 260 g/mol. The van der Waals surface area contributed by atoms with E-state index in [0.717, 1.165) is 5.56 Å². The first-order valence-corrected chi connectivity index (χ1v) is 5.72. The third-order valence-corrected chi connectivity index (χ3v) is 2.99. The van der Waals surface area contributed by atoms with Crippen molar-refractivity contribution in [3.63, 3.8) is 0 Å². The molecule has 0 aliphatic heterocycles. The van der Waals surface area contributed by atoms with Crippen LogP contribution in [0.4, 0.5) is 0 Å². The molecule has 1 rings (SSSR count). The second-order valence-electron chi connectivity index (χ2n) is 3.60. The lowest BCUT2D eigenvalue weighted by atomic mass is 10.1. The lowest BCUT2D eigenvalue weighted by molar-refractivity contribution is -0.124. The standard InChI is InChI=1S/C11H14Cl2N2O/c1-7(5-14)11(16)15-6-8-2-3-9(12)10(13)4-8/h2-4,7H,5-6,14H2,1H3,(H,15,16). The Hall–Kier alpha value is -0.770. The maximum Gasteiger partial charge on any atom is 0.224 e. The topological polar surface area (TPSA) is 55.1 Å². The summed E-state index contributed by atoms with van der Waals surface area (Å²) in [4.78, 5) is 11.4. The second-order valence-corrected chi connectivity index (χ2v) is 4.42. The van der Waals surface area contributed by atoms with Crippen LogP contribution in [0.15, 0.2) is 18.2 Å². The van der Waals surface area contributed by atoms with E-state index in [1.165, 1.54) is 0 Å². The molecule has 0 aliphatic rings. The minimum atomic E-state index is -0.178. The van der Waals surface area contributed by atoms with Crippen molar-refractivity contribution in [3.8, 4) is 0 Å². The number of hydrogen-bond donors (Lipinski definition) is 2. The third-order valence-electron chi connectivity index (χ3n) is 2.25. The van der Waals surface area contributed by atoms with E-state index in [9.17, 15) is 4.79 Å².